The zero-order valence-electron chi connectivity index (χ0n) is 11.4. The maximum absolute atomic E-state index is 12.9. The molecule has 1 atom stereocenters. The third-order valence-corrected chi connectivity index (χ3v) is 3.83. The minimum atomic E-state index is -0.220. The van der Waals surface area contributed by atoms with E-state index in [-0.39, 0.29) is 11.9 Å². The Kier molecular flexibility index (Phi) is 4.90. The van der Waals surface area contributed by atoms with Crippen molar-refractivity contribution < 1.29 is 4.39 Å². The van der Waals surface area contributed by atoms with Crippen molar-refractivity contribution in [2.75, 3.05) is 5.32 Å². The van der Waals surface area contributed by atoms with Crippen LogP contribution in [0.15, 0.2) is 36.4 Å². The van der Waals surface area contributed by atoms with Crippen molar-refractivity contribution in [3.63, 3.8) is 0 Å². The van der Waals surface area contributed by atoms with E-state index in [1.165, 1.54) is 12.1 Å². The van der Waals surface area contributed by atoms with E-state index < -0.39 is 0 Å². The number of hydrogen-bond donors (Lipinski definition) is 1. The quantitative estimate of drug-likeness (QED) is 0.788. The zero-order chi connectivity index (χ0) is 14.7. The van der Waals surface area contributed by atoms with Crippen molar-refractivity contribution in [1.29, 1.82) is 0 Å². The second-order valence-corrected chi connectivity index (χ2v) is 5.77. The van der Waals surface area contributed by atoms with Crippen LogP contribution in [-0.2, 0) is 6.42 Å². The van der Waals surface area contributed by atoms with Crippen LogP contribution in [0.2, 0.25) is 10.0 Å². The molecule has 20 heavy (non-hydrogen) atoms. The van der Waals surface area contributed by atoms with Gasteiger partial charge in [0.2, 0.25) is 0 Å². The molecule has 0 spiro atoms. The first-order valence-corrected chi connectivity index (χ1v) is 7.18. The molecule has 1 N–H and O–H groups in total. The summed E-state index contributed by atoms with van der Waals surface area (Å²) < 4.78 is 12.9. The fourth-order valence-electron chi connectivity index (χ4n) is 2.05. The zero-order valence-corrected chi connectivity index (χ0v) is 12.9. The Morgan fingerprint density at radius 2 is 1.75 bits per heavy atom. The van der Waals surface area contributed by atoms with E-state index >= 15 is 0 Å². The smallest absolute Gasteiger partial charge is 0.123 e. The molecule has 0 aliphatic carbocycles. The van der Waals surface area contributed by atoms with Crippen molar-refractivity contribution in [3.8, 4) is 0 Å². The van der Waals surface area contributed by atoms with Crippen LogP contribution in [0.3, 0.4) is 0 Å². The van der Waals surface area contributed by atoms with Gasteiger partial charge in [-0.1, -0.05) is 35.3 Å². The number of benzene rings is 2. The lowest BCUT2D eigenvalue weighted by atomic mass is 10.1. The second kappa shape index (κ2) is 6.47. The van der Waals surface area contributed by atoms with Crippen LogP contribution in [0.4, 0.5) is 10.1 Å². The average Bonchev–Trinajstić information content (AvgIpc) is 2.39. The van der Waals surface area contributed by atoms with E-state index in [1.54, 1.807) is 12.1 Å². The van der Waals surface area contributed by atoms with E-state index in [2.05, 4.69) is 5.32 Å². The Morgan fingerprint density at radius 3 is 2.40 bits per heavy atom. The van der Waals surface area contributed by atoms with Gasteiger partial charge in [0.15, 0.2) is 0 Å². The summed E-state index contributed by atoms with van der Waals surface area (Å²) in [6, 6.07) is 10.4. The van der Waals surface area contributed by atoms with Crippen LogP contribution in [0.1, 0.15) is 18.1 Å². The molecule has 0 saturated carbocycles. The highest BCUT2D eigenvalue weighted by Gasteiger charge is 2.09. The maximum atomic E-state index is 12.9. The summed E-state index contributed by atoms with van der Waals surface area (Å²) >= 11 is 12.3. The van der Waals surface area contributed by atoms with Crippen LogP contribution >= 0.6 is 23.2 Å². The summed E-state index contributed by atoms with van der Waals surface area (Å²) in [5, 5.41) is 4.67. The molecule has 1 nitrogen and oxygen atoms in total. The summed E-state index contributed by atoms with van der Waals surface area (Å²) in [5.74, 6) is -0.220. The molecule has 2 aromatic rings. The van der Waals surface area contributed by atoms with E-state index in [0.717, 1.165) is 23.2 Å². The number of halogens is 3. The lowest BCUT2D eigenvalue weighted by Crippen LogP contribution is -2.18. The molecule has 0 heterocycles. The van der Waals surface area contributed by atoms with E-state index in [9.17, 15) is 4.39 Å². The van der Waals surface area contributed by atoms with Crippen molar-refractivity contribution >= 4 is 28.9 Å². The Hall–Kier alpha value is -1.25. The van der Waals surface area contributed by atoms with E-state index in [1.807, 2.05) is 26.0 Å². The highest BCUT2D eigenvalue weighted by atomic mass is 35.5. The third-order valence-electron chi connectivity index (χ3n) is 3.11. The highest BCUT2D eigenvalue weighted by Crippen LogP contribution is 2.29. The summed E-state index contributed by atoms with van der Waals surface area (Å²) in [5.41, 5.74) is 2.84. The molecule has 2 aromatic carbocycles. The Labute approximate surface area is 128 Å². The monoisotopic (exact) mass is 311 g/mol. The molecule has 0 aromatic heterocycles. The molecular weight excluding hydrogens is 296 g/mol. The number of aryl methyl sites for hydroxylation is 1. The summed E-state index contributed by atoms with van der Waals surface area (Å²) in [6.07, 6.45) is 0.780. The van der Waals surface area contributed by atoms with Gasteiger partial charge >= 0.3 is 0 Å². The van der Waals surface area contributed by atoms with Crippen LogP contribution in [0.5, 0.6) is 0 Å². The fourth-order valence-corrected chi connectivity index (χ4v) is 2.48. The minimum Gasteiger partial charge on any atom is -0.381 e. The first kappa shape index (κ1) is 15.1. The molecule has 0 saturated heterocycles. The Morgan fingerprint density at radius 1 is 1.10 bits per heavy atom. The Balaban J connectivity index is 2.06. The molecule has 106 valence electrons. The van der Waals surface area contributed by atoms with Gasteiger partial charge in [0.05, 0.1) is 10.7 Å². The van der Waals surface area contributed by atoms with Crippen molar-refractivity contribution in [3.05, 3.63) is 63.4 Å². The van der Waals surface area contributed by atoms with Gasteiger partial charge in [-0.15, -0.1) is 0 Å². The van der Waals surface area contributed by atoms with Crippen LogP contribution < -0.4 is 5.32 Å². The van der Waals surface area contributed by atoms with Crippen LogP contribution in [-0.4, -0.2) is 6.04 Å². The van der Waals surface area contributed by atoms with Crippen molar-refractivity contribution in [1.82, 2.24) is 0 Å². The van der Waals surface area contributed by atoms with Crippen LogP contribution in [0.25, 0.3) is 0 Å². The number of rotatable bonds is 4. The van der Waals surface area contributed by atoms with E-state index in [4.69, 9.17) is 23.2 Å². The number of hydrogen-bond acceptors (Lipinski definition) is 1. The van der Waals surface area contributed by atoms with Gasteiger partial charge in [-0.2, -0.15) is 0 Å². The fraction of sp³-hybridized carbons (Fsp3) is 0.250. The standard InChI is InChI=1S/C16H16Cl2FN/c1-10-7-15(18)16(9-14(10)17)20-11(2)8-12-3-5-13(19)6-4-12/h3-7,9,11,20H,8H2,1-2H3. The molecule has 4 heteroatoms. The van der Waals surface area contributed by atoms with Gasteiger partial charge in [0, 0.05) is 11.1 Å². The van der Waals surface area contributed by atoms with Gasteiger partial charge in [0.1, 0.15) is 5.82 Å². The summed E-state index contributed by atoms with van der Waals surface area (Å²) in [7, 11) is 0. The molecule has 0 radical (unpaired) electrons. The van der Waals surface area contributed by atoms with Gasteiger partial charge < -0.3 is 5.32 Å². The Bertz CT molecular complexity index is 596. The number of anilines is 1. The van der Waals surface area contributed by atoms with Crippen molar-refractivity contribution in [2.24, 2.45) is 0 Å². The predicted octanol–water partition coefficient (Wildman–Crippen LogP) is 5.48. The first-order chi connectivity index (χ1) is 9.45. The van der Waals surface area contributed by atoms with Gasteiger partial charge in [-0.05, 0) is 55.7 Å². The average molecular weight is 312 g/mol. The minimum absolute atomic E-state index is 0.164. The maximum Gasteiger partial charge on any atom is 0.123 e. The molecule has 1 unspecified atom stereocenters. The van der Waals surface area contributed by atoms with Gasteiger partial charge in [-0.3, -0.25) is 0 Å². The predicted molar refractivity (Wildman–Crippen MR) is 84.4 cm³/mol. The van der Waals surface area contributed by atoms with Crippen molar-refractivity contribution in [2.45, 2.75) is 26.3 Å². The normalized spacial score (nSPS) is 12.2. The number of nitrogens with one attached hydrogen (secondary N) is 1. The lowest BCUT2D eigenvalue weighted by molar-refractivity contribution is 0.626. The highest BCUT2D eigenvalue weighted by molar-refractivity contribution is 6.35. The summed E-state index contributed by atoms with van der Waals surface area (Å²) in [4.78, 5) is 0. The molecule has 2 rings (SSSR count). The molecule has 0 fully saturated rings. The summed E-state index contributed by atoms with van der Waals surface area (Å²) in [6.45, 7) is 3.97. The topological polar surface area (TPSA) is 12.0 Å². The lowest BCUT2D eigenvalue weighted by Gasteiger charge is -2.17. The molecule has 0 amide bonds. The SMILES string of the molecule is Cc1cc(Cl)c(NC(C)Cc2ccc(F)cc2)cc1Cl. The molecule has 0 aliphatic heterocycles. The first-order valence-electron chi connectivity index (χ1n) is 6.42. The molecular formula is C16H16Cl2FN. The van der Waals surface area contributed by atoms with Crippen LogP contribution in [0, 0.1) is 12.7 Å². The largest absolute Gasteiger partial charge is 0.381 e. The molecule has 0 bridgehead atoms. The second-order valence-electron chi connectivity index (χ2n) is 4.96. The van der Waals surface area contributed by atoms with E-state index in [0.29, 0.717) is 10.0 Å². The van der Waals surface area contributed by atoms with Gasteiger partial charge in [0.25, 0.3) is 0 Å². The molecule has 0 aliphatic rings. The third kappa shape index (κ3) is 3.87. The van der Waals surface area contributed by atoms with Gasteiger partial charge in [-0.25, -0.2) is 4.39 Å².